The fourth-order valence-electron chi connectivity index (χ4n) is 3.23. The monoisotopic (exact) mass is 456 g/mol. The molecular formula is C24H28N2O7. The highest BCUT2D eigenvalue weighted by atomic mass is 16.5. The van der Waals surface area contributed by atoms with Gasteiger partial charge in [-0.1, -0.05) is 55.5 Å². The van der Waals surface area contributed by atoms with Crippen LogP contribution in [0.1, 0.15) is 35.3 Å². The van der Waals surface area contributed by atoms with Gasteiger partial charge in [0.1, 0.15) is 6.04 Å². The Morgan fingerprint density at radius 2 is 1.39 bits per heavy atom. The first kappa shape index (κ1) is 25.5. The van der Waals surface area contributed by atoms with Gasteiger partial charge in [-0.2, -0.15) is 0 Å². The summed E-state index contributed by atoms with van der Waals surface area (Å²) in [4.78, 5) is 49.5. The van der Waals surface area contributed by atoms with E-state index in [1.165, 1.54) is 14.0 Å². The number of aliphatic hydroxyl groups is 1. The minimum Gasteiger partial charge on any atom is -0.469 e. The molecule has 33 heavy (non-hydrogen) atoms. The molecule has 0 unspecified atom stereocenters. The molecule has 0 saturated heterocycles. The Balaban J connectivity index is 2.23. The highest BCUT2D eigenvalue weighted by Crippen LogP contribution is 2.19. The largest absolute Gasteiger partial charge is 0.469 e. The Morgan fingerprint density at radius 3 is 1.94 bits per heavy atom. The highest BCUT2D eigenvalue weighted by Gasteiger charge is 2.34. The normalized spacial score (nSPS) is 14.2. The van der Waals surface area contributed by atoms with Gasteiger partial charge in [0.2, 0.25) is 0 Å². The predicted octanol–water partition coefficient (Wildman–Crippen LogP) is 1.38. The maximum Gasteiger partial charge on any atom is 0.328 e. The number of methoxy groups -OCH3 is 2. The number of carbonyl (C=O) groups is 4. The SMILES string of the molecule is COC(=O)[C@H](C)C[C@H](NC(=O)[C@H](O)[C@@H](NC(=O)c1ccccc1)c1ccccc1)C(=O)OC. The lowest BCUT2D eigenvalue weighted by atomic mass is 9.98. The Kier molecular flexibility index (Phi) is 9.56. The van der Waals surface area contributed by atoms with Crippen LogP contribution in [-0.2, 0) is 23.9 Å². The van der Waals surface area contributed by atoms with Crippen LogP contribution in [0.25, 0.3) is 0 Å². The third-order valence-electron chi connectivity index (χ3n) is 5.06. The summed E-state index contributed by atoms with van der Waals surface area (Å²) in [6, 6.07) is 14.5. The van der Waals surface area contributed by atoms with Crippen LogP contribution in [0.15, 0.2) is 60.7 Å². The summed E-state index contributed by atoms with van der Waals surface area (Å²) in [6.07, 6.45) is -1.83. The van der Waals surface area contributed by atoms with Gasteiger partial charge in [-0.15, -0.1) is 0 Å². The third-order valence-corrected chi connectivity index (χ3v) is 5.06. The first-order valence-electron chi connectivity index (χ1n) is 10.3. The molecular weight excluding hydrogens is 428 g/mol. The first-order valence-corrected chi connectivity index (χ1v) is 10.3. The Bertz CT molecular complexity index is 950. The average Bonchev–Trinajstić information content (AvgIpc) is 2.86. The van der Waals surface area contributed by atoms with Gasteiger partial charge in [0, 0.05) is 5.56 Å². The van der Waals surface area contributed by atoms with E-state index >= 15 is 0 Å². The molecule has 9 nitrogen and oxygen atoms in total. The van der Waals surface area contributed by atoms with Gasteiger partial charge in [-0.05, 0) is 24.1 Å². The summed E-state index contributed by atoms with van der Waals surface area (Å²) in [5, 5.41) is 15.9. The smallest absolute Gasteiger partial charge is 0.328 e. The molecule has 4 atom stereocenters. The molecule has 0 aliphatic carbocycles. The molecule has 0 fully saturated rings. The molecule has 2 rings (SSSR count). The number of benzene rings is 2. The van der Waals surface area contributed by atoms with E-state index in [4.69, 9.17) is 4.74 Å². The maximum absolute atomic E-state index is 12.9. The number of ether oxygens (including phenoxy) is 2. The Labute approximate surface area is 192 Å². The number of hydrogen-bond donors (Lipinski definition) is 3. The summed E-state index contributed by atoms with van der Waals surface area (Å²) >= 11 is 0. The molecule has 0 aromatic heterocycles. The summed E-state index contributed by atoms with van der Waals surface area (Å²) in [5.41, 5.74) is 0.840. The third kappa shape index (κ3) is 7.15. The molecule has 0 aliphatic rings. The molecule has 176 valence electrons. The van der Waals surface area contributed by atoms with Gasteiger partial charge in [0.15, 0.2) is 6.10 Å². The van der Waals surface area contributed by atoms with E-state index < -0.39 is 47.9 Å². The van der Waals surface area contributed by atoms with E-state index in [9.17, 15) is 24.3 Å². The minimum absolute atomic E-state index is 0.0931. The second kappa shape index (κ2) is 12.4. The van der Waals surface area contributed by atoms with E-state index in [0.29, 0.717) is 11.1 Å². The second-order valence-corrected chi connectivity index (χ2v) is 7.42. The van der Waals surface area contributed by atoms with Crippen LogP contribution in [-0.4, -0.2) is 55.2 Å². The zero-order chi connectivity index (χ0) is 24.4. The van der Waals surface area contributed by atoms with Crippen LogP contribution in [0.2, 0.25) is 0 Å². The molecule has 9 heteroatoms. The summed E-state index contributed by atoms with van der Waals surface area (Å²) in [7, 11) is 2.36. The number of esters is 2. The second-order valence-electron chi connectivity index (χ2n) is 7.42. The van der Waals surface area contributed by atoms with Crippen LogP contribution in [0.5, 0.6) is 0 Å². The average molecular weight is 456 g/mol. The van der Waals surface area contributed by atoms with E-state index in [-0.39, 0.29) is 6.42 Å². The number of nitrogens with one attached hydrogen (secondary N) is 2. The lowest BCUT2D eigenvalue weighted by molar-refractivity contribution is -0.149. The topological polar surface area (TPSA) is 131 Å². The van der Waals surface area contributed by atoms with Crippen molar-refractivity contribution < 1.29 is 33.8 Å². The van der Waals surface area contributed by atoms with Crippen molar-refractivity contribution in [1.82, 2.24) is 10.6 Å². The maximum atomic E-state index is 12.9. The van der Waals surface area contributed by atoms with Crippen molar-refractivity contribution in [3.63, 3.8) is 0 Å². The van der Waals surface area contributed by atoms with Crippen LogP contribution in [0.4, 0.5) is 0 Å². The highest BCUT2D eigenvalue weighted by molar-refractivity contribution is 5.95. The van der Waals surface area contributed by atoms with Crippen LogP contribution < -0.4 is 10.6 Å². The van der Waals surface area contributed by atoms with Crippen molar-refractivity contribution in [3.8, 4) is 0 Å². The molecule has 2 aromatic carbocycles. The van der Waals surface area contributed by atoms with Crippen molar-refractivity contribution in [2.45, 2.75) is 31.5 Å². The van der Waals surface area contributed by atoms with E-state index in [0.717, 1.165) is 7.11 Å². The van der Waals surface area contributed by atoms with E-state index in [1.807, 2.05) is 0 Å². The fraction of sp³-hybridized carbons (Fsp3) is 0.333. The number of amides is 2. The molecule has 2 aromatic rings. The number of rotatable bonds is 10. The lowest BCUT2D eigenvalue weighted by Crippen LogP contribution is -2.51. The van der Waals surface area contributed by atoms with Crippen molar-refractivity contribution in [2.75, 3.05) is 14.2 Å². The van der Waals surface area contributed by atoms with Gasteiger partial charge in [-0.3, -0.25) is 14.4 Å². The van der Waals surface area contributed by atoms with Crippen LogP contribution >= 0.6 is 0 Å². The predicted molar refractivity (Wildman–Crippen MR) is 119 cm³/mol. The minimum atomic E-state index is -1.74. The van der Waals surface area contributed by atoms with Crippen molar-refractivity contribution in [1.29, 1.82) is 0 Å². The number of hydrogen-bond acceptors (Lipinski definition) is 7. The van der Waals surface area contributed by atoms with Crippen molar-refractivity contribution in [3.05, 3.63) is 71.8 Å². The van der Waals surface area contributed by atoms with Gasteiger partial charge >= 0.3 is 11.9 Å². The molecule has 2 amide bonds. The standard InChI is InChI=1S/C24H28N2O7/c1-15(23(30)32-2)14-18(24(31)33-3)25-22(29)20(27)19(16-10-6-4-7-11-16)26-21(28)17-12-8-5-9-13-17/h4-13,15,18-20,27H,14H2,1-3H3,(H,25,29)(H,26,28)/t15-,18+,19+,20-/m1/s1. The zero-order valence-corrected chi connectivity index (χ0v) is 18.7. The Hall–Kier alpha value is -3.72. The molecule has 3 N–H and O–H groups in total. The van der Waals surface area contributed by atoms with Crippen LogP contribution in [0, 0.1) is 5.92 Å². The molecule has 0 radical (unpaired) electrons. The van der Waals surface area contributed by atoms with Crippen molar-refractivity contribution >= 4 is 23.8 Å². The molecule has 0 saturated carbocycles. The van der Waals surface area contributed by atoms with Gasteiger partial charge in [-0.25, -0.2) is 4.79 Å². The lowest BCUT2D eigenvalue weighted by Gasteiger charge is -2.26. The fourth-order valence-corrected chi connectivity index (χ4v) is 3.23. The summed E-state index contributed by atoms with van der Waals surface area (Å²) in [6.45, 7) is 1.54. The summed E-state index contributed by atoms with van der Waals surface area (Å²) < 4.78 is 9.38. The molecule has 0 aliphatic heterocycles. The molecule has 0 bridgehead atoms. The van der Waals surface area contributed by atoms with Gasteiger partial charge in [0.25, 0.3) is 11.8 Å². The van der Waals surface area contributed by atoms with Gasteiger partial charge < -0.3 is 25.2 Å². The summed E-state index contributed by atoms with van der Waals surface area (Å²) in [5.74, 6) is -3.45. The number of aliphatic hydroxyl groups excluding tert-OH is 1. The quantitative estimate of drug-likeness (QED) is 0.460. The van der Waals surface area contributed by atoms with E-state index in [1.54, 1.807) is 60.7 Å². The zero-order valence-electron chi connectivity index (χ0n) is 18.7. The Morgan fingerprint density at radius 1 is 0.848 bits per heavy atom. The van der Waals surface area contributed by atoms with Gasteiger partial charge in [0.05, 0.1) is 26.2 Å². The van der Waals surface area contributed by atoms with Crippen LogP contribution in [0.3, 0.4) is 0 Å². The van der Waals surface area contributed by atoms with E-state index in [2.05, 4.69) is 15.4 Å². The van der Waals surface area contributed by atoms with Crippen molar-refractivity contribution in [2.24, 2.45) is 5.92 Å². The number of carbonyl (C=O) groups excluding carboxylic acids is 4. The first-order chi connectivity index (χ1) is 15.8. The molecule has 0 spiro atoms. The molecule has 0 heterocycles.